The summed E-state index contributed by atoms with van der Waals surface area (Å²) in [6, 6.07) is 5.58. The van der Waals surface area contributed by atoms with Crippen LogP contribution in [0.25, 0.3) is 6.08 Å². The van der Waals surface area contributed by atoms with E-state index >= 15 is 0 Å². The average molecular weight is 329 g/mol. The first-order chi connectivity index (χ1) is 10.2. The number of rotatable bonds is 9. The number of methoxy groups -OCH3 is 1. The molecule has 0 aliphatic rings. The predicted octanol–water partition coefficient (Wildman–Crippen LogP) is 2.38. The molecule has 124 valence electrons. The molecule has 0 bridgehead atoms. The van der Waals surface area contributed by atoms with Gasteiger partial charge in [0.2, 0.25) is 0 Å². The lowest BCUT2D eigenvalue weighted by atomic mass is 10.2. The monoisotopic (exact) mass is 328 g/mol. The SMILES string of the molecule is C/C=C/c1ccc(OCC(=O)NCCCCN)c(OC)c1.Cl. The van der Waals surface area contributed by atoms with Crippen molar-refractivity contribution < 1.29 is 14.3 Å². The Bertz CT molecular complexity index is 478. The molecule has 0 aromatic heterocycles. The number of carbonyl (C=O) groups excluding carboxylic acids is 1. The molecule has 0 heterocycles. The van der Waals surface area contributed by atoms with E-state index in [1.165, 1.54) is 0 Å². The van der Waals surface area contributed by atoms with Crippen molar-refractivity contribution in [3.63, 3.8) is 0 Å². The van der Waals surface area contributed by atoms with E-state index in [0.717, 1.165) is 18.4 Å². The first-order valence-corrected chi connectivity index (χ1v) is 7.11. The average Bonchev–Trinajstić information content (AvgIpc) is 2.50. The van der Waals surface area contributed by atoms with E-state index in [-0.39, 0.29) is 24.9 Å². The molecule has 0 aliphatic heterocycles. The second-order valence-corrected chi connectivity index (χ2v) is 4.54. The van der Waals surface area contributed by atoms with Crippen LogP contribution < -0.4 is 20.5 Å². The maximum Gasteiger partial charge on any atom is 0.257 e. The highest BCUT2D eigenvalue weighted by Crippen LogP contribution is 2.28. The minimum Gasteiger partial charge on any atom is -0.493 e. The van der Waals surface area contributed by atoms with Crippen molar-refractivity contribution in [2.75, 3.05) is 26.8 Å². The van der Waals surface area contributed by atoms with Gasteiger partial charge in [-0.2, -0.15) is 0 Å². The van der Waals surface area contributed by atoms with Crippen molar-refractivity contribution in [1.82, 2.24) is 5.32 Å². The minimum absolute atomic E-state index is 0. The van der Waals surface area contributed by atoms with Crippen molar-refractivity contribution in [2.45, 2.75) is 19.8 Å². The van der Waals surface area contributed by atoms with E-state index in [0.29, 0.717) is 24.6 Å². The fourth-order valence-corrected chi connectivity index (χ4v) is 1.79. The summed E-state index contributed by atoms with van der Waals surface area (Å²) in [7, 11) is 1.58. The van der Waals surface area contributed by atoms with Gasteiger partial charge in [-0.3, -0.25) is 4.79 Å². The first-order valence-electron chi connectivity index (χ1n) is 7.11. The van der Waals surface area contributed by atoms with Crippen LogP contribution in [0.5, 0.6) is 11.5 Å². The number of halogens is 1. The topological polar surface area (TPSA) is 73.6 Å². The molecule has 0 atom stereocenters. The van der Waals surface area contributed by atoms with Gasteiger partial charge in [0.05, 0.1) is 7.11 Å². The van der Waals surface area contributed by atoms with Crippen LogP contribution in [0.2, 0.25) is 0 Å². The normalized spacial score (nSPS) is 10.1. The van der Waals surface area contributed by atoms with Gasteiger partial charge in [0.15, 0.2) is 18.1 Å². The zero-order chi connectivity index (χ0) is 15.5. The summed E-state index contributed by atoms with van der Waals surface area (Å²) >= 11 is 0. The number of nitrogens with one attached hydrogen (secondary N) is 1. The van der Waals surface area contributed by atoms with E-state index in [4.69, 9.17) is 15.2 Å². The molecule has 1 aromatic rings. The Kier molecular flexibility index (Phi) is 11.0. The molecule has 0 unspecified atom stereocenters. The number of benzene rings is 1. The van der Waals surface area contributed by atoms with Gasteiger partial charge >= 0.3 is 0 Å². The van der Waals surface area contributed by atoms with Crippen molar-refractivity contribution in [1.29, 1.82) is 0 Å². The van der Waals surface area contributed by atoms with Crippen molar-refractivity contribution in [2.24, 2.45) is 5.73 Å². The lowest BCUT2D eigenvalue weighted by molar-refractivity contribution is -0.123. The summed E-state index contributed by atoms with van der Waals surface area (Å²) in [6.07, 6.45) is 5.70. The van der Waals surface area contributed by atoms with Crippen LogP contribution >= 0.6 is 12.4 Å². The van der Waals surface area contributed by atoms with Crippen LogP contribution in [0.4, 0.5) is 0 Å². The van der Waals surface area contributed by atoms with Gasteiger partial charge in [0.1, 0.15) is 0 Å². The molecule has 0 spiro atoms. The summed E-state index contributed by atoms with van der Waals surface area (Å²) < 4.78 is 10.8. The summed E-state index contributed by atoms with van der Waals surface area (Å²) in [5.74, 6) is 1.02. The van der Waals surface area contributed by atoms with Gasteiger partial charge in [-0.25, -0.2) is 0 Å². The summed E-state index contributed by atoms with van der Waals surface area (Å²) in [4.78, 5) is 11.6. The fourth-order valence-electron chi connectivity index (χ4n) is 1.79. The lowest BCUT2D eigenvalue weighted by Gasteiger charge is -2.11. The third-order valence-corrected chi connectivity index (χ3v) is 2.86. The molecule has 1 rings (SSSR count). The van der Waals surface area contributed by atoms with E-state index in [1.807, 2.05) is 31.2 Å². The molecule has 0 aliphatic carbocycles. The van der Waals surface area contributed by atoms with E-state index in [9.17, 15) is 4.79 Å². The molecule has 0 fully saturated rings. The number of carbonyl (C=O) groups is 1. The molecular weight excluding hydrogens is 304 g/mol. The largest absolute Gasteiger partial charge is 0.493 e. The Morgan fingerprint density at radius 2 is 2.09 bits per heavy atom. The van der Waals surface area contributed by atoms with Gasteiger partial charge < -0.3 is 20.5 Å². The highest BCUT2D eigenvalue weighted by Gasteiger charge is 2.07. The van der Waals surface area contributed by atoms with Crippen LogP contribution in [-0.2, 0) is 4.79 Å². The Morgan fingerprint density at radius 3 is 2.73 bits per heavy atom. The van der Waals surface area contributed by atoms with Crippen LogP contribution in [0.15, 0.2) is 24.3 Å². The Balaban J connectivity index is 0.00000441. The zero-order valence-corrected chi connectivity index (χ0v) is 13.9. The number of ether oxygens (including phenoxy) is 2. The van der Waals surface area contributed by atoms with Gasteiger partial charge in [0.25, 0.3) is 5.91 Å². The smallest absolute Gasteiger partial charge is 0.257 e. The molecule has 0 radical (unpaired) electrons. The van der Waals surface area contributed by atoms with Gasteiger partial charge in [0, 0.05) is 6.54 Å². The second-order valence-electron chi connectivity index (χ2n) is 4.54. The number of amides is 1. The summed E-state index contributed by atoms with van der Waals surface area (Å²) in [5.41, 5.74) is 6.41. The summed E-state index contributed by atoms with van der Waals surface area (Å²) in [5, 5.41) is 2.79. The first kappa shape index (κ1) is 20.3. The molecule has 22 heavy (non-hydrogen) atoms. The number of nitrogens with two attached hydrogens (primary N) is 1. The second kappa shape index (κ2) is 11.9. The number of unbranched alkanes of at least 4 members (excludes halogenated alkanes) is 1. The van der Waals surface area contributed by atoms with Crippen LogP contribution in [0.1, 0.15) is 25.3 Å². The molecule has 6 heteroatoms. The van der Waals surface area contributed by atoms with E-state index in [1.54, 1.807) is 13.2 Å². The third kappa shape index (κ3) is 7.33. The predicted molar refractivity (Wildman–Crippen MR) is 91.7 cm³/mol. The van der Waals surface area contributed by atoms with Crippen LogP contribution in [0, 0.1) is 0 Å². The molecular formula is C16H25ClN2O3. The highest BCUT2D eigenvalue weighted by atomic mass is 35.5. The molecule has 1 amide bonds. The highest BCUT2D eigenvalue weighted by molar-refractivity contribution is 5.85. The molecule has 3 N–H and O–H groups in total. The number of hydrogen-bond acceptors (Lipinski definition) is 4. The van der Waals surface area contributed by atoms with Gasteiger partial charge in [-0.15, -0.1) is 12.4 Å². The number of allylic oxidation sites excluding steroid dienone is 1. The van der Waals surface area contributed by atoms with Crippen molar-refractivity contribution >= 4 is 24.4 Å². The maximum absolute atomic E-state index is 11.6. The van der Waals surface area contributed by atoms with Gasteiger partial charge in [-0.1, -0.05) is 18.2 Å². The minimum atomic E-state index is -0.147. The van der Waals surface area contributed by atoms with Crippen molar-refractivity contribution in [3.05, 3.63) is 29.8 Å². The summed E-state index contributed by atoms with van der Waals surface area (Å²) in [6.45, 7) is 3.19. The standard InChI is InChI=1S/C16H24N2O3.ClH/c1-3-6-13-7-8-14(15(11-13)20-2)21-12-16(19)18-10-5-4-9-17;/h3,6-8,11H,4-5,9-10,12,17H2,1-2H3,(H,18,19);1H/b6-3+;. The quantitative estimate of drug-likeness (QED) is 0.683. The van der Waals surface area contributed by atoms with E-state index < -0.39 is 0 Å². The molecule has 0 saturated heterocycles. The Hall–Kier alpha value is -1.72. The molecule has 0 saturated carbocycles. The van der Waals surface area contributed by atoms with Crippen LogP contribution in [-0.4, -0.2) is 32.7 Å². The molecule has 5 nitrogen and oxygen atoms in total. The fraction of sp³-hybridized carbons (Fsp3) is 0.438. The number of hydrogen-bond donors (Lipinski definition) is 2. The maximum atomic E-state index is 11.6. The van der Waals surface area contributed by atoms with Gasteiger partial charge in [-0.05, 0) is 44.0 Å². The van der Waals surface area contributed by atoms with Crippen molar-refractivity contribution in [3.8, 4) is 11.5 Å². The van der Waals surface area contributed by atoms with E-state index in [2.05, 4.69) is 5.32 Å². The third-order valence-electron chi connectivity index (χ3n) is 2.86. The Labute approximate surface area is 138 Å². The van der Waals surface area contributed by atoms with Crippen LogP contribution in [0.3, 0.4) is 0 Å². The zero-order valence-electron chi connectivity index (χ0n) is 13.1. The Morgan fingerprint density at radius 1 is 1.32 bits per heavy atom. The molecule has 1 aromatic carbocycles. The lowest BCUT2D eigenvalue weighted by Crippen LogP contribution is -2.30.